The molecule has 8 heteroatoms. The summed E-state index contributed by atoms with van der Waals surface area (Å²) < 4.78 is 20.5. The van der Waals surface area contributed by atoms with E-state index in [0.717, 1.165) is 30.8 Å². The number of rotatable bonds is 4. The van der Waals surface area contributed by atoms with Crippen LogP contribution in [0.4, 0.5) is 10.2 Å². The molecule has 1 aromatic heterocycles. The molecule has 0 radical (unpaired) electrons. The molecule has 1 atom stereocenters. The molecule has 5 nitrogen and oxygen atoms in total. The van der Waals surface area contributed by atoms with Crippen molar-refractivity contribution < 1.29 is 13.9 Å². The highest BCUT2D eigenvalue weighted by Crippen LogP contribution is 2.26. The van der Waals surface area contributed by atoms with Gasteiger partial charge in [-0.05, 0) is 49.3 Å². The van der Waals surface area contributed by atoms with Crippen LogP contribution in [0.5, 0.6) is 0 Å². The van der Waals surface area contributed by atoms with E-state index in [9.17, 15) is 9.18 Å². The summed E-state index contributed by atoms with van der Waals surface area (Å²) in [5.74, 6) is -0.352. The Morgan fingerprint density at radius 3 is 2.87 bits per heavy atom. The first-order valence-corrected chi connectivity index (χ1v) is 8.46. The number of hydrogen-bond donors (Lipinski definition) is 2. The third kappa shape index (κ3) is 3.44. The van der Waals surface area contributed by atoms with Gasteiger partial charge in [0.2, 0.25) is 0 Å². The number of ether oxygens (including phenoxy) is 1. The average molecular weight is 353 g/mol. The quantitative estimate of drug-likeness (QED) is 0.830. The molecule has 1 aromatic carbocycles. The first-order chi connectivity index (χ1) is 11.1. The van der Waals surface area contributed by atoms with E-state index in [1.165, 1.54) is 12.1 Å². The molecule has 3 rings (SSSR count). The number of halogens is 1. The van der Waals surface area contributed by atoms with Gasteiger partial charge in [-0.1, -0.05) is 11.3 Å². The third-order valence-corrected chi connectivity index (χ3v) is 5.04. The standard InChI is InChI=1S/C15H16FN3O2S2/c16-9-3-5-10(6-4-9)19-13(17)12(23-15(19)22)14(20)18-8-11-2-1-7-21-11/h3-6,11H,1-2,7-8,17H2,(H,18,20)/t11-/m0/s1. The van der Waals surface area contributed by atoms with Crippen LogP contribution in [0.15, 0.2) is 24.3 Å². The van der Waals surface area contributed by atoms with Crippen LogP contribution in [0, 0.1) is 9.77 Å². The lowest BCUT2D eigenvalue weighted by Crippen LogP contribution is -2.31. The Morgan fingerprint density at radius 2 is 2.22 bits per heavy atom. The average Bonchev–Trinajstić information content (AvgIpc) is 3.14. The van der Waals surface area contributed by atoms with E-state index in [1.807, 2.05) is 0 Å². The number of anilines is 1. The van der Waals surface area contributed by atoms with Crippen molar-refractivity contribution in [2.24, 2.45) is 0 Å². The number of carbonyl (C=O) groups is 1. The second kappa shape index (κ2) is 6.77. The molecule has 0 bridgehead atoms. The molecule has 122 valence electrons. The van der Waals surface area contributed by atoms with E-state index in [2.05, 4.69) is 5.32 Å². The van der Waals surface area contributed by atoms with Crippen molar-refractivity contribution in [1.82, 2.24) is 9.88 Å². The number of thiazole rings is 1. The zero-order valence-corrected chi connectivity index (χ0v) is 13.9. The monoisotopic (exact) mass is 353 g/mol. The van der Waals surface area contributed by atoms with Gasteiger partial charge in [0, 0.05) is 18.8 Å². The Kier molecular flexibility index (Phi) is 4.74. The van der Waals surface area contributed by atoms with Gasteiger partial charge >= 0.3 is 0 Å². The van der Waals surface area contributed by atoms with Crippen molar-refractivity contribution in [3.05, 3.63) is 38.9 Å². The molecule has 3 N–H and O–H groups in total. The number of nitrogens with two attached hydrogens (primary N) is 1. The molecular weight excluding hydrogens is 337 g/mol. The predicted molar refractivity (Wildman–Crippen MR) is 90.2 cm³/mol. The minimum Gasteiger partial charge on any atom is -0.383 e. The van der Waals surface area contributed by atoms with Crippen molar-refractivity contribution in [2.75, 3.05) is 18.9 Å². The van der Waals surface area contributed by atoms with Crippen LogP contribution >= 0.6 is 23.6 Å². The molecule has 1 aliphatic heterocycles. The van der Waals surface area contributed by atoms with Gasteiger partial charge in [0.05, 0.1) is 6.10 Å². The van der Waals surface area contributed by atoms with Gasteiger partial charge in [0.25, 0.3) is 5.91 Å². The predicted octanol–water partition coefficient (Wildman–Crippen LogP) is 2.90. The SMILES string of the molecule is Nc1c(C(=O)NC[C@@H]2CCCO2)sc(=S)n1-c1ccc(F)cc1. The van der Waals surface area contributed by atoms with Crippen molar-refractivity contribution in [3.63, 3.8) is 0 Å². The van der Waals surface area contributed by atoms with Crippen LogP contribution < -0.4 is 11.1 Å². The molecule has 1 amide bonds. The molecule has 0 unspecified atom stereocenters. The molecule has 1 aliphatic rings. The zero-order chi connectivity index (χ0) is 16.4. The van der Waals surface area contributed by atoms with Crippen LogP contribution in [0.25, 0.3) is 5.69 Å². The smallest absolute Gasteiger partial charge is 0.265 e. The normalized spacial score (nSPS) is 17.3. The summed E-state index contributed by atoms with van der Waals surface area (Å²) in [4.78, 5) is 12.7. The molecule has 1 saturated heterocycles. The topological polar surface area (TPSA) is 69.3 Å². The van der Waals surface area contributed by atoms with E-state index in [4.69, 9.17) is 22.7 Å². The van der Waals surface area contributed by atoms with E-state index in [-0.39, 0.29) is 23.6 Å². The Bertz CT molecular complexity index is 764. The maximum absolute atomic E-state index is 13.0. The number of nitrogens with one attached hydrogen (secondary N) is 1. The maximum Gasteiger partial charge on any atom is 0.265 e. The highest BCUT2D eigenvalue weighted by molar-refractivity contribution is 7.73. The van der Waals surface area contributed by atoms with Crippen molar-refractivity contribution in [2.45, 2.75) is 18.9 Å². The minimum absolute atomic E-state index is 0.0623. The van der Waals surface area contributed by atoms with E-state index >= 15 is 0 Å². The Hall–Kier alpha value is -1.77. The first kappa shape index (κ1) is 16.1. The molecule has 2 heterocycles. The van der Waals surface area contributed by atoms with Crippen LogP contribution in [0.2, 0.25) is 0 Å². The number of hydrogen-bond acceptors (Lipinski definition) is 5. The second-order valence-electron chi connectivity index (χ2n) is 5.24. The Balaban J connectivity index is 1.80. The van der Waals surface area contributed by atoms with Crippen LogP contribution in [0.1, 0.15) is 22.5 Å². The summed E-state index contributed by atoms with van der Waals surface area (Å²) in [6.45, 7) is 1.20. The Labute approximate surface area is 141 Å². The lowest BCUT2D eigenvalue weighted by atomic mass is 10.2. The van der Waals surface area contributed by atoms with Gasteiger partial charge in [0.1, 0.15) is 16.5 Å². The summed E-state index contributed by atoms with van der Waals surface area (Å²) in [6, 6.07) is 5.79. The van der Waals surface area contributed by atoms with Gasteiger partial charge in [0.15, 0.2) is 3.95 Å². The van der Waals surface area contributed by atoms with E-state index in [1.54, 1.807) is 16.7 Å². The summed E-state index contributed by atoms with van der Waals surface area (Å²) in [6.07, 6.45) is 2.03. The molecule has 0 aliphatic carbocycles. The zero-order valence-electron chi connectivity index (χ0n) is 12.3. The van der Waals surface area contributed by atoms with Gasteiger partial charge in [-0.15, -0.1) is 0 Å². The Morgan fingerprint density at radius 1 is 1.48 bits per heavy atom. The largest absolute Gasteiger partial charge is 0.383 e. The third-order valence-electron chi connectivity index (χ3n) is 3.65. The summed E-state index contributed by atoms with van der Waals surface area (Å²) in [5.41, 5.74) is 6.71. The lowest BCUT2D eigenvalue weighted by Gasteiger charge is -2.10. The van der Waals surface area contributed by atoms with Crippen molar-refractivity contribution in [3.8, 4) is 5.69 Å². The summed E-state index contributed by atoms with van der Waals surface area (Å²) in [7, 11) is 0. The van der Waals surface area contributed by atoms with Gasteiger partial charge in [-0.25, -0.2) is 4.39 Å². The fraction of sp³-hybridized carbons (Fsp3) is 0.333. The highest BCUT2D eigenvalue weighted by atomic mass is 32.1. The number of aromatic nitrogens is 1. The summed E-state index contributed by atoms with van der Waals surface area (Å²) in [5, 5.41) is 2.83. The molecule has 0 spiro atoms. The molecule has 2 aromatic rings. The van der Waals surface area contributed by atoms with Crippen molar-refractivity contribution in [1.29, 1.82) is 0 Å². The molecule has 1 fully saturated rings. The lowest BCUT2D eigenvalue weighted by molar-refractivity contribution is 0.0861. The number of benzene rings is 1. The van der Waals surface area contributed by atoms with Crippen LogP contribution in [-0.2, 0) is 4.74 Å². The van der Waals surface area contributed by atoms with Gasteiger partial charge in [-0.3, -0.25) is 9.36 Å². The number of nitrogen functional groups attached to an aromatic ring is 1. The molecular formula is C15H16FN3O2S2. The van der Waals surface area contributed by atoms with Crippen LogP contribution in [0.3, 0.4) is 0 Å². The van der Waals surface area contributed by atoms with E-state index in [0.29, 0.717) is 21.1 Å². The fourth-order valence-electron chi connectivity index (χ4n) is 2.47. The first-order valence-electron chi connectivity index (χ1n) is 7.23. The molecule has 0 saturated carbocycles. The second-order valence-corrected chi connectivity index (χ2v) is 6.88. The number of nitrogens with zero attached hydrogens (tertiary/aromatic N) is 1. The highest BCUT2D eigenvalue weighted by Gasteiger charge is 2.21. The van der Waals surface area contributed by atoms with Gasteiger partial charge < -0.3 is 15.8 Å². The fourth-order valence-corrected chi connectivity index (χ4v) is 3.76. The summed E-state index contributed by atoms with van der Waals surface area (Å²) >= 11 is 6.43. The molecule has 23 heavy (non-hydrogen) atoms. The maximum atomic E-state index is 13.0. The number of carbonyl (C=O) groups excluding carboxylic acids is 1. The minimum atomic E-state index is -0.344. The van der Waals surface area contributed by atoms with Crippen LogP contribution in [-0.4, -0.2) is 29.7 Å². The van der Waals surface area contributed by atoms with Crippen molar-refractivity contribution >= 4 is 35.3 Å². The van der Waals surface area contributed by atoms with Gasteiger partial charge in [-0.2, -0.15) is 0 Å². The number of amides is 1. The van der Waals surface area contributed by atoms with E-state index < -0.39 is 0 Å².